The quantitative estimate of drug-likeness (QED) is 0.739. The van der Waals surface area contributed by atoms with E-state index in [9.17, 15) is 9.59 Å². The Morgan fingerprint density at radius 1 is 1.53 bits per heavy atom. The zero-order valence-electron chi connectivity index (χ0n) is 8.98. The normalized spacial score (nSPS) is 10.2. The van der Waals surface area contributed by atoms with Crippen LogP contribution in [0.2, 0.25) is 0 Å². The zero-order valence-corrected chi connectivity index (χ0v) is 9.80. The molecule has 0 saturated heterocycles. The number of nitrogens with zero attached hydrogens (tertiary/aromatic N) is 1. The standard InChI is InChI=1S/C10H10N4O2S/c1-5-8(9(11)17-14-5)10(16)13-6-2-3-7(15)12-4-6/h2-4H,11H2,1H3,(H,12,15)(H,13,16). The van der Waals surface area contributed by atoms with E-state index in [1.807, 2.05) is 0 Å². The van der Waals surface area contributed by atoms with Gasteiger partial charge in [-0.05, 0) is 24.5 Å². The van der Waals surface area contributed by atoms with Gasteiger partial charge in [-0.25, -0.2) is 0 Å². The summed E-state index contributed by atoms with van der Waals surface area (Å²) in [6, 6.07) is 2.85. The molecule has 0 saturated carbocycles. The first-order chi connectivity index (χ1) is 8.08. The summed E-state index contributed by atoms with van der Waals surface area (Å²) in [5, 5.41) is 3.01. The van der Waals surface area contributed by atoms with Gasteiger partial charge in [-0.2, -0.15) is 4.37 Å². The average molecular weight is 250 g/mol. The number of rotatable bonds is 2. The number of nitrogen functional groups attached to an aromatic ring is 1. The summed E-state index contributed by atoms with van der Waals surface area (Å²) in [5.41, 5.74) is 6.90. The molecule has 0 unspecified atom stereocenters. The minimum Gasteiger partial charge on any atom is -0.389 e. The highest BCUT2D eigenvalue weighted by molar-refractivity contribution is 7.10. The van der Waals surface area contributed by atoms with Crippen LogP contribution in [0.15, 0.2) is 23.1 Å². The number of H-pyrrole nitrogens is 1. The Morgan fingerprint density at radius 3 is 2.82 bits per heavy atom. The van der Waals surface area contributed by atoms with Crippen molar-refractivity contribution in [3.05, 3.63) is 39.9 Å². The van der Waals surface area contributed by atoms with Crippen molar-refractivity contribution in [2.75, 3.05) is 11.1 Å². The third-order valence-electron chi connectivity index (χ3n) is 2.16. The van der Waals surface area contributed by atoms with Gasteiger partial charge in [0.25, 0.3) is 5.91 Å². The summed E-state index contributed by atoms with van der Waals surface area (Å²) in [4.78, 5) is 25.2. The molecule has 2 heterocycles. The third kappa shape index (κ3) is 2.34. The lowest BCUT2D eigenvalue weighted by Gasteiger charge is -2.04. The molecule has 88 valence electrons. The number of nitrogens with two attached hydrogens (primary N) is 1. The number of pyridine rings is 1. The highest BCUT2D eigenvalue weighted by atomic mass is 32.1. The van der Waals surface area contributed by atoms with Crippen LogP contribution in [0.1, 0.15) is 16.1 Å². The van der Waals surface area contributed by atoms with E-state index < -0.39 is 0 Å². The van der Waals surface area contributed by atoms with Gasteiger partial charge < -0.3 is 16.0 Å². The molecular weight excluding hydrogens is 240 g/mol. The van der Waals surface area contributed by atoms with Gasteiger partial charge in [-0.1, -0.05) is 0 Å². The molecule has 7 heteroatoms. The second-order valence-corrected chi connectivity index (χ2v) is 4.21. The molecule has 1 amide bonds. The van der Waals surface area contributed by atoms with Crippen molar-refractivity contribution in [3.63, 3.8) is 0 Å². The molecule has 4 N–H and O–H groups in total. The first-order valence-corrected chi connectivity index (χ1v) is 5.57. The van der Waals surface area contributed by atoms with Gasteiger partial charge in [0.1, 0.15) is 5.00 Å². The summed E-state index contributed by atoms with van der Waals surface area (Å²) in [7, 11) is 0. The van der Waals surface area contributed by atoms with Crippen LogP contribution in [0.5, 0.6) is 0 Å². The molecule has 2 rings (SSSR count). The number of aryl methyl sites for hydroxylation is 1. The maximum absolute atomic E-state index is 11.9. The maximum atomic E-state index is 11.9. The Balaban J connectivity index is 2.23. The van der Waals surface area contributed by atoms with Crippen LogP contribution in [0.3, 0.4) is 0 Å². The average Bonchev–Trinajstić information content (AvgIpc) is 2.62. The lowest BCUT2D eigenvalue weighted by atomic mass is 10.2. The van der Waals surface area contributed by atoms with Crippen molar-refractivity contribution >= 4 is 28.1 Å². The smallest absolute Gasteiger partial charge is 0.260 e. The topological polar surface area (TPSA) is 101 Å². The predicted molar refractivity (Wildman–Crippen MR) is 66.3 cm³/mol. The van der Waals surface area contributed by atoms with Gasteiger partial charge >= 0.3 is 0 Å². The molecule has 0 aromatic carbocycles. The number of hydrogen-bond acceptors (Lipinski definition) is 5. The van der Waals surface area contributed by atoms with E-state index in [0.29, 0.717) is 21.9 Å². The van der Waals surface area contributed by atoms with E-state index in [1.165, 1.54) is 18.3 Å². The molecule has 0 atom stereocenters. The van der Waals surface area contributed by atoms with Crippen molar-refractivity contribution in [2.45, 2.75) is 6.92 Å². The molecule has 0 radical (unpaired) electrons. The first kappa shape index (κ1) is 11.3. The minimum atomic E-state index is -0.333. The summed E-state index contributed by atoms with van der Waals surface area (Å²) in [6.45, 7) is 1.72. The van der Waals surface area contributed by atoms with Gasteiger partial charge in [0.15, 0.2) is 0 Å². The van der Waals surface area contributed by atoms with E-state index in [0.717, 1.165) is 11.5 Å². The Labute approximate surface area is 101 Å². The lowest BCUT2D eigenvalue weighted by Crippen LogP contribution is -2.15. The highest BCUT2D eigenvalue weighted by Crippen LogP contribution is 2.21. The number of carbonyl (C=O) groups is 1. The van der Waals surface area contributed by atoms with Gasteiger partial charge in [0, 0.05) is 12.3 Å². The molecule has 0 fully saturated rings. The number of carbonyl (C=O) groups excluding carboxylic acids is 1. The first-order valence-electron chi connectivity index (χ1n) is 4.80. The summed E-state index contributed by atoms with van der Waals surface area (Å²) in [6.07, 6.45) is 1.42. The molecule has 0 bridgehead atoms. The molecule has 0 aliphatic carbocycles. The molecule has 0 spiro atoms. The number of nitrogens with one attached hydrogen (secondary N) is 2. The van der Waals surface area contributed by atoms with Crippen LogP contribution in [0.4, 0.5) is 10.7 Å². The Morgan fingerprint density at radius 2 is 2.29 bits per heavy atom. The Bertz CT molecular complexity index is 577. The van der Waals surface area contributed by atoms with Gasteiger partial charge in [0.2, 0.25) is 5.56 Å². The molecule has 2 aromatic rings. The number of hydrogen-bond donors (Lipinski definition) is 3. The maximum Gasteiger partial charge on any atom is 0.260 e. The zero-order chi connectivity index (χ0) is 12.4. The monoisotopic (exact) mass is 250 g/mol. The lowest BCUT2D eigenvalue weighted by molar-refractivity contribution is 0.102. The fourth-order valence-electron chi connectivity index (χ4n) is 1.35. The Kier molecular flexibility index (Phi) is 2.92. The molecule has 0 aliphatic rings. The number of aromatic nitrogens is 2. The fourth-order valence-corrected chi connectivity index (χ4v) is 2.00. The summed E-state index contributed by atoms with van der Waals surface area (Å²) < 4.78 is 3.99. The third-order valence-corrected chi connectivity index (χ3v) is 2.92. The predicted octanol–water partition coefficient (Wildman–Crippen LogP) is 0.974. The van der Waals surface area contributed by atoms with Gasteiger partial charge in [-0.15, -0.1) is 0 Å². The van der Waals surface area contributed by atoms with Crippen LogP contribution in [-0.2, 0) is 0 Å². The van der Waals surface area contributed by atoms with Crippen LogP contribution >= 0.6 is 11.5 Å². The summed E-state index contributed by atoms with van der Waals surface area (Å²) in [5.74, 6) is -0.333. The second-order valence-electron chi connectivity index (χ2n) is 3.40. The van der Waals surface area contributed by atoms with Crippen LogP contribution in [0.25, 0.3) is 0 Å². The van der Waals surface area contributed by atoms with Crippen molar-refractivity contribution in [1.29, 1.82) is 0 Å². The molecule has 0 aliphatic heterocycles. The fraction of sp³-hybridized carbons (Fsp3) is 0.100. The number of amides is 1. The van der Waals surface area contributed by atoms with Gasteiger partial charge in [-0.3, -0.25) is 9.59 Å². The molecule has 6 nitrogen and oxygen atoms in total. The van der Waals surface area contributed by atoms with E-state index in [1.54, 1.807) is 6.92 Å². The van der Waals surface area contributed by atoms with Crippen molar-refractivity contribution in [2.24, 2.45) is 0 Å². The van der Waals surface area contributed by atoms with E-state index >= 15 is 0 Å². The van der Waals surface area contributed by atoms with Crippen LogP contribution in [0, 0.1) is 6.92 Å². The van der Waals surface area contributed by atoms with E-state index in [-0.39, 0.29) is 11.5 Å². The SMILES string of the molecule is Cc1nsc(N)c1C(=O)Nc1ccc(=O)[nH]c1. The highest BCUT2D eigenvalue weighted by Gasteiger charge is 2.16. The molecule has 17 heavy (non-hydrogen) atoms. The number of aromatic amines is 1. The largest absolute Gasteiger partial charge is 0.389 e. The van der Waals surface area contributed by atoms with Crippen molar-refractivity contribution < 1.29 is 4.79 Å². The van der Waals surface area contributed by atoms with Crippen molar-refractivity contribution in [3.8, 4) is 0 Å². The van der Waals surface area contributed by atoms with Gasteiger partial charge in [0.05, 0.1) is 16.9 Å². The second kappa shape index (κ2) is 4.38. The molecule has 2 aromatic heterocycles. The van der Waals surface area contributed by atoms with Crippen LogP contribution < -0.4 is 16.6 Å². The summed E-state index contributed by atoms with van der Waals surface area (Å²) >= 11 is 1.08. The number of anilines is 2. The van der Waals surface area contributed by atoms with E-state index in [2.05, 4.69) is 14.7 Å². The molecular formula is C10H10N4O2S. The van der Waals surface area contributed by atoms with Crippen LogP contribution in [-0.4, -0.2) is 15.3 Å². The van der Waals surface area contributed by atoms with E-state index in [4.69, 9.17) is 5.73 Å². The Hall–Kier alpha value is -2.15. The van der Waals surface area contributed by atoms with Crippen molar-refractivity contribution in [1.82, 2.24) is 9.36 Å². The minimum absolute atomic E-state index is 0.226.